The highest BCUT2D eigenvalue weighted by Gasteiger charge is 2.32. The number of amides is 3. The summed E-state index contributed by atoms with van der Waals surface area (Å²) in [7, 11) is -3.12. The van der Waals surface area contributed by atoms with Gasteiger partial charge in [0.1, 0.15) is 0 Å². The van der Waals surface area contributed by atoms with E-state index in [1.165, 1.54) is 0 Å². The van der Waals surface area contributed by atoms with Gasteiger partial charge >= 0.3 is 5.97 Å². The smallest absolute Gasteiger partial charge is 0.306 e. The highest BCUT2D eigenvalue weighted by molar-refractivity contribution is 7.91. The van der Waals surface area contributed by atoms with Gasteiger partial charge in [-0.05, 0) is 30.4 Å². The highest BCUT2D eigenvalue weighted by Crippen LogP contribution is 2.30. The summed E-state index contributed by atoms with van der Waals surface area (Å²) >= 11 is 0. The number of nitrogens with one attached hydrogen (secondary N) is 1. The van der Waals surface area contributed by atoms with Crippen LogP contribution in [0.3, 0.4) is 0 Å². The Morgan fingerprint density at radius 1 is 1.06 bits per heavy atom. The van der Waals surface area contributed by atoms with Crippen LogP contribution in [0, 0.1) is 0 Å². The molecule has 0 aromatic heterocycles. The predicted molar refractivity (Wildman–Crippen MR) is 115 cm³/mol. The number of benzene rings is 2. The molecule has 1 saturated heterocycles. The van der Waals surface area contributed by atoms with E-state index in [0.717, 1.165) is 10.3 Å². The standard InChI is InChI=1S/C22H22N2O7S/c25-18(23-15-9-11-32(29,30)13-15)12-31-19(26)8-3-10-24-21(27)16-6-1-4-14-5-2-7-17(20(14)16)22(24)28/h1-2,4-7,15H,3,8-13H2,(H,23,25). The quantitative estimate of drug-likeness (QED) is 0.486. The lowest BCUT2D eigenvalue weighted by Gasteiger charge is -2.27. The lowest BCUT2D eigenvalue weighted by molar-refractivity contribution is -0.148. The summed E-state index contributed by atoms with van der Waals surface area (Å²) in [4.78, 5) is 50.5. The topological polar surface area (TPSA) is 127 Å². The number of esters is 1. The number of ether oxygens (including phenoxy) is 1. The van der Waals surface area contributed by atoms with Crippen LogP contribution in [0.5, 0.6) is 0 Å². The first kappa shape index (κ1) is 21.9. The van der Waals surface area contributed by atoms with Gasteiger partial charge in [0.2, 0.25) is 0 Å². The zero-order valence-corrected chi connectivity index (χ0v) is 18.0. The van der Waals surface area contributed by atoms with Crippen molar-refractivity contribution in [2.45, 2.75) is 25.3 Å². The number of imide groups is 1. The normalized spacial score (nSPS) is 19.2. The molecule has 10 heteroatoms. The molecule has 0 spiro atoms. The van der Waals surface area contributed by atoms with E-state index in [1.54, 1.807) is 24.3 Å². The maximum Gasteiger partial charge on any atom is 0.306 e. The molecule has 0 aliphatic carbocycles. The lowest BCUT2D eigenvalue weighted by atomic mass is 9.94. The van der Waals surface area contributed by atoms with E-state index in [4.69, 9.17) is 4.74 Å². The van der Waals surface area contributed by atoms with Crippen molar-refractivity contribution in [3.05, 3.63) is 47.5 Å². The largest absolute Gasteiger partial charge is 0.456 e. The molecule has 0 bridgehead atoms. The monoisotopic (exact) mass is 458 g/mol. The number of sulfone groups is 1. The minimum Gasteiger partial charge on any atom is -0.456 e. The summed E-state index contributed by atoms with van der Waals surface area (Å²) < 4.78 is 27.8. The predicted octanol–water partition coefficient (Wildman–Crippen LogP) is 1.06. The maximum atomic E-state index is 12.8. The third kappa shape index (κ3) is 4.50. The third-order valence-electron chi connectivity index (χ3n) is 5.58. The van der Waals surface area contributed by atoms with E-state index in [2.05, 4.69) is 5.32 Å². The molecular weight excluding hydrogens is 436 g/mol. The first-order chi connectivity index (χ1) is 15.2. The number of hydrogen-bond acceptors (Lipinski definition) is 7. The first-order valence-corrected chi connectivity index (χ1v) is 12.1. The van der Waals surface area contributed by atoms with Crippen LogP contribution in [0.1, 0.15) is 40.0 Å². The summed E-state index contributed by atoms with van der Waals surface area (Å²) in [5.41, 5.74) is 0.900. The molecule has 1 N–H and O–H groups in total. The van der Waals surface area contributed by atoms with Gasteiger partial charge in [0.15, 0.2) is 16.4 Å². The van der Waals surface area contributed by atoms with E-state index < -0.39 is 46.2 Å². The molecule has 0 radical (unpaired) electrons. The maximum absolute atomic E-state index is 12.8. The summed E-state index contributed by atoms with van der Waals surface area (Å²) in [6.45, 7) is -0.462. The van der Waals surface area contributed by atoms with Crippen molar-refractivity contribution in [1.82, 2.24) is 10.2 Å². The Bertz CT molecular complexity index is 1170. The summed E-state index contributed by atoms with van der Waals surface area (Å²) in [5.74, 6) is -2.09. The average molecular weight is 458 g/mol. The molecule has 2 aromatic rings. The molecule has 1 atom stereocenters. The van der Waals surface area contributed by atoms with Crippen LogP contribution in [-0.4, -0.2) is 67.7 Å². The first-order valence-electron chi connectivity index (χ1n) is 10.3. The van der Waals surface area contributed by atoms with E-state index in [9.17, 15) is 27.6 Å². The molecule has 168 valence electrons. The molecular formula is C22H22N2O7S. The SMILES string of the molecule is O=C(COC(=O)CCCN1C(=O)c2cccc3cccc(c23)C1=O)NC1CCS(=O)(=O)C1. The fraction of sp³-hybridized carbons (Fsp3) is 0.364. The van der Waals surface area contributed by atoms with Crippen molar-refractivity contribution >= 4 is 44.3 Å². The Hall–Kier alpha value is -3.27. The molecule has 0 saturated carbocycles. The van der Waals surface area contributed by atoms with Crippen LogP contribution in [-0.2, 0) is 24.2 Å². The van der Waals surface area contributed by atoms with Crippen LogP contribution >= 0.6 is 0 Å². The Morgan fingerprint density at radius 2 is 1.72 bits per heavy atom. The molecule has 2 aliphatic heterocycles. The number of rotatable bonds is 7. The molecule has 1 fully saturated rings. The van der Waals surface area contributed by atoms with Crippen molar-refractivity contribution in [1.29, 1.82) is 0 Å². The Kier molecular flexibility index (Phi) is 5.96. The van der Waals surface area contributed by atoms with Crippen molar-refractivity contribution < 1.29 is 32.3 Å². The number of carbonyl (C=O) groups excluding carboxylic acids is 4. The average Bonchev–Trinajstić information content (AvgIpc) is 3.10. The Labute approximate surface area is 184 Å². The third-order valence-corrected chi connectivity index (χ3v) is 7.35. The molecule has 9 nitrogen and oxygen atoms in total. The Balaban J connectivity index is 1.26. The number of nitrogens with zero attached hydrogens (tertiary/aromatic N) is 1. The van der Waals surface area contributed by atoms with Crippen LogP contribution in [0.15, 0.2) is 36.4 Å². The van der Waals surface area contributed by atoms with Crippen molar-refractivity contribution in [2.75, 3.05) is 24.7 Å². The van der Waals surface area contributed by atoms with Gasteiger partial charge in [-0.2, -0.15) is 0 Å². The van der Waals surface area contributed by atoms with Crippen LogP contribution < -0.4 is 5.32 Å². The van der Waals surface area contributed by atoms with E-state index in [1.807, 2.05) is 12.1 Å². The molecule has 3 amide bonds. The highest BCUT2D eigenvalue weighted by atomic mass is 32.2. The molecule has 2 heterocycles. The number of carbonyl (C=O) groups is 4. The lowest BCUT2D eigenvalue weighted by Crippen LogP contribution is -2.41. The van der Waals surface area contributed by atoms with Crippen LogP contribution in [0.25, 0.3) is 10.8 Å². The number of hydrogen-bond donors (Lipinski definition) is 1. The van der Waals surface area contributed by atoms with Crippen molar-refractivity contribution in [3.8, 4) is 0 Å². The summed E-state index contributed by atoms with van der Waals surface area (Å²) in [6.07, 6.45) is 0.460. The minimum atomic E-state index is -3.12. The van der Waals surface area contributed by atoms with Gasteiger partial charge in [0.05, 0.1) is 11.5 Å². The zero-order valence-electron chi connectivity index (χ0n) is 17.2. The second-order valence-corrected chi connectivity index (χ2v) is 10.1. The molecule has 2 aliphatic rings. The van der Waals surface area contributed by atoms with E-state index in [-0.39, 0.29) is 30.9 Å². The summed E-state index contributed by atoms with van der Waals surface area (Å²) in [6, 6.07) is 10.1. The van der Waals surface area contributed by atoms with Gasteiger partial charge in [-0.15, -0.1) is 0 Å². The van der Waals surface area contributed by atoms with Gasteiger partial charge in [0, 0.05) is 35.5 Å². The molecule has 2 aromatic carbocycles. The van der Waals surface area contributed by atoms with Gasteiger partial charge in [-0.1, -0.05) is 24.3 Å². The van der Waals surface area contributed by atoms with Crippen molar-refractivity contribution in [2.24, 2.45) is 0 Å². The second-order valence-electron chi connectivity index (χ2n) is 7.90. The van der Waals surface area contributed by atoms with Crippen molar-refractivity contribution in [3.63, 3.8) is 0 Å². The second kappa shape index (κ2) is 8.70. The van der Waals surface area contributed by atoms with Gasteiger partial charge in [0.25, 0.3) is 17.7 Å². The van der Waals surface area contributed by atoms with Gasteiger partial charge in [-0.25, -0.2) is 8.42 Å². The van der Waals surface area contributed by atoms with Gasteiger partial charge in [-0.3, -0.25) is 24.1 Å². The van der Waals surface area contributed by atoms with Gasteiger partial charge < -0.3 is 10.1 Å². The minimum absolute atomic E-state index is 0.0324. The Morgan fingerprint density at radius 3 is 2.31 bits per heavy atom. The molecule has 1 unspecified atom stereocenters. The summed E-state index contributed by atoms with van der Waals surface area (Å²) in [5, 5.41) is 3.99. The van der Waals surface area contributed by atoms with E-state index in [0.29, 0.717) is 22.9 Å². The van der Waals surface area contributed by atoms with E-state index >= 15 is 0 Å². The zero-order chi connectivity index (χ0) is 22.9. The van der Waals surface area contributed by atoms with Crippen LogP contribution in [0.4, 0.5) is 0 Å². The molecule has 32 heavy (non-hydrogen) atoms. The fourth-order valence-electron chi connectivity index (χ4n) is 4.06. The fourth-order valence-corrected chi connectivity index (χ4v) is 5.73. The molecule has 4 rings (SSSR count). The van der Waals surface area contributed by atoms with Crippen LogP contribution in [0.2, 0.25) is 0 Å².